The number of urea groups is 1. The van der Waals surface area contributed by atoms with Gasteiger partial charge in [0, 0.05) is 42.4 Å². The molecule has 1 aliphatic heterocycles. The summed E-state index contributed by atoms with van der Waals surface area (Å²) in [5.41, 5.74) is 0.766. The number of carbonyl (C=O) groups is 1. The lowest BCUT2D eigenvalue weighted by Gasteiger charge is -2.26. The van der Waals surface area contributed by atoms with Gasteiger partial charge in [0.05, 0.1) is 29.8 Å². The van der Waals surface area contributed by atoms with Crippen molar-refractivity contribution in [2.75, 3.05) is 50.0 Å². The second kappa shape index (κ2) is 11.7. The number of benzene rings is 2. The van der Waals surface area contributed by atoms with Gasteiger partial charge in [0.15, 0.2) is 0 Å². The van der Waals surface area contributed by atoms with Gasteiger partial charge in [-0.2, -0.15) is 0 Å². The van der Waals surface area contributed by atoms with Crippen LogP contribution < -0.4 is 20.9 Å². The first kappa shape index (κ1) is 27.7. The summed E-state index contributed by atoms with van der Waals surface area (Å²) in [7, 11) is -4.06. The lowest BCUT2D eigenvalue weighted by atomic mass is 10.2. The smallest absolute Gasteiger partial charge is 0.333 e. The van der Waals surface area contributed by atoms with Crippen LogP contribution in [0.3, 0.4) is 0 Å². The molecule has 0 unspecified atom stereocenters. The van der Waals surface area contributed by atoms with E-state index in [1.165, 1.54) is 24.5 Å². The number of aromatic nitrogens is 2. The van der Waals surface area contributed by atoms with E-state index < -0.39 is 27.4 Å². The normalized spacial score (nSPS) is 14.2. The molecule has 0 spiro atoms. The van der Waals surface area contributed by atoms with E-state index in [4.69, 9.17) is 4.74 Å². The van der Waals surface area contributed by atoms with Gasteiger partial charge in [-0.25, -0.2) is 27.3 Å². The Morgan fingerprint density at radius 2 is 1.88 bits per heavy atom. The highest BCUT2D eigenvalue weighted by molar-refractivity contribution is 7.92. The first-order chi connectivity index (χ1) is 19.2. The molecule has 5 rings (SSSR count). The lowest BCUT2D eigenvalue weighted by Crippen LogP contribution is -2.39. The number of morpholine rings is 1. The number of nitrogens with one attached hydrogen (secondary N) is 3. The zero-order chi connectivity index (χ0) is 28.3. The number of carbonyl (C=O) groups excluding carboxylic acids is 1. The minimum atomic E-state index is -4.06. The SMILES string of the molecule is Cc1ccc(S(=O)(=O)NC(=O)Nc2ccc(-n3cnc4cc(NCCN5CCOCC5)ccc4c3=O)c(F)c2)s1. The predicted molar refractivity (Wildman–Crippen MR) is 151 cm³/mol. The molecule has 1 fully saturated rings. The van der Waals surface area contributed by atoms with Crippen LogP contribution >= 0.6 is 11.3 Å². The molecule has 4 aromatic rings. The fourth-order valence-electron chi connectivity index (χ4n) is 4.25. The van der Waals surface area contributed by atoms with Crippen molar-refractivity contribution in [2.24, 2.45) is 0 Å². The van der Waals surface area contributed by atoms with Crippen LogP contribution in [0.1, 0.15) is 4.88 Å². The third-order valence-electron chi connectivity index (χ3n) is 6.29. The molecular formula is C26H27FN6O5S2. The molecule has 2 aromatic carbocycles. The summed E-state index contributed by atoms with van der Waals surface area (Å²) in [6, 6.07) is 10.8. The number of ether oxygens (including phenoxy) is 1. The standard InChI is InChI=1S/C26H27FN6O5S2/c1-17-2-7-24(39-17)40(36,37)31-26(35)30-19-4-6-23(21(27)14-19)33-16-29-22-15-18(3-5-20(22)25(33)34)28-8-9-32-10-12-38-13-11-32/h2-7,14-16,28H,8-13H2,1H3,(H2,30,31,35). The Hall–Kier alpha value is -3.85. The maximum absolute atomic E-state index is 15.0. The Balaban J connectivity index is 1.27. The van der Waals surface area contributed by atoms with Crippen LogP contribution in [0.5, 0.6) is 0 Å². The highest BCUT2D eigenvalue weighted by Gasteiger charge is 2.20. The van der Waals surface area contributed by atoms with Crippen molar-refractivity contribution < 1.29 is 22.3 Å². The topological polar surface area (TPSA) is 135 Å². The van der Waals surface area contributed by atoms with Gasteiger partial charge in [0.1, 0.15) is 16.4 Å². The quantitative estimate of drug-likeness (QED) is 0.287. The molecule has 1 saturated heterocycles. The van der Waals surface area contributed by atoms with Crippen LogP contribution in [0.25, 0.3) is 16.6 Å². The number of aryl methyl sites for hydroxylation is 1. The molecule has 2 amide bonds. The third-order valence-corrected chi connectivity index (χ3v) is 9.12. The highest BCUT2D eigenvalue weighted by atomic mass is 32.2. The van der Waals surface area contributed by atoms with E-state index in [9.17, 15) is 18.0 Å². The number of nitrogens with zero attached hydrogens (tertiary/aromatic N) is 3. The fourth-order valence-corrected chi connectivity index (χ4v) is 6.44. The zero-order valence-electron chi connectivity index (χ0n) is 21.5. The van der Waals surface area contributed by atoms with E-state index in [0.29, 0.717) is 10.9 Å². The van der Waals surface area contributed by atoms with Gasteiger partial charge >= 0.3 is 6.03 Å². The van der Waals surface area contributed by atoms with Gasteiger partial charge in [-0.05, 0) is 55.5 Å². The number of thiophene rings is 1. The van der Waals surface area contributed by atoms with Gasteiger partial charge in [0.25, 0.3) is 15.6 Å². The molecule has 0 saturated carbocycles. The van der Waals surface area contributed by atoms with Crippen molar-refractivity contribution in [1.29, 1.82) is 0 Å². The average molecular weight is 587 g/mol. The van der Waals surface area contributed by atoms with E-state index in [1.807, 2.05) is 4.72 Å². The Morgan fingerprint density at radius 3 is 2.60 bits per heavy atom. The Labute approximate surface area is 233 Å². The second-order valence-electron chi connectivity index (χ2n) is 9.12. The molecule has 40 heavy (non-hydrogen) atoms. The minimum Gasteiger partial charge on any atom is -0.384 e. The van der Waals surface area contributed by atoms with Crippen LogP contribution in [0.4, 0.5) is 20.6 Å². The van der Waals surface area contributed by atoms with Gasteiger partial charge in [-0.15, -0.1) is 11.3 Å². The minimum absolute atomic E-state index is 0.00547. The molecule has 0 atom stereocenters. The zero-order valence-corrected chi connectivity index (χ0v) is 23.1. The number of hydrogen-bond acceptors (Lipinski definition) is 9. The van der Waals surface area contributed by atoms with Gasteiger partial charge in [-0.1, -0.05) is 0 Å². The third kappa shape index (κ3) is 6.31. The number of anilines is 2. The Bertz CT molecular complexity index is 1720. The summed E-state index contributed by atoms with van der Waals surface area (Å²) in [6.45, 7) is 6.62. The molecule has 3 heterocycles. The average Bonchev–Trinajstić information content (AvgIpc) is 3.37. The summed E-state index contributed by atoms with van der Waals surface area (Å²) in [6.07, 6.45) is 1.25. The van der Waals surface area contributed by atoms with Crippen LogP contribution in [0.15, 0.2) is 63.9 Å². The summed E-state index contributed by atoms with van der Waals surface area (Å²) >= 11 is 1.02. The molecule has 11 nitrogen and oxygen atoms in total. The highest BCUT2D eigenvalue weighted by Crippen LogP contribution is 2.22. The van der Waals surface area contributed by atoms with Crippen LogP contribution in [-0.4, -0.2) is 68.3 Å². The van der Waals surface area contributed by atoms with Crippen molar-refractivity contribution in [3.05, 3.63) is 75.9 Å². The maximum Gasteiger partial charge on any atom is 0.333 e. The van der Waals surface area contributed by atoms with Crippen molar-refractivity contribution in [1.82, 2.24) is 19.2 Å². The first-order valence-electron chi connectivity index (χ1n) is 12.5. The van der Waals surface area contributed by atoms with Gasteiger partial charge < -0.3 is 15.4 Å². The number of sulfonamides is 1. The maximum atomic E-state index is 15.0. The van der Waals surface area contributed by atoms with Crippen molar-refractivity contribution in [3.8, 4) is 5.69 Å². The number of rotatable bonds is 8. The number of fused-ring (bicyclic) bond motifs is 1. The molecular weight excluding hydrogens is 559 g/mol. The van der Waals surface area contributed by atoms with Crippen LogP contribution in [0, 0.1) is 12.7 Å². The molecule has 2 aromatic heterocycles. The van der Waals surface area contributed by atoms with Gasteiger partial charge in [0.2, 0.25) is 0 Å². The van der Waals surface area contributed by atoms with E-state index in [-0.39, 0.29) is 15.6 Å². The summed E-state index contributed by atoms with van der Waals surface area (Å²) in [4.78, 5) is 32.8. The Morgan fingerprint density at radius 1 is 1.10 bits per heavy atom. The van der Waals surface area contributed by atoms with Crippen molar-refractivity contribution in [2.45, 2.75) is 11.1 Å². The molecule has 0 bridgehead atoms. The Kier molecular flexibility index (Phi) is 8.12. The molecule has 3 N–H and O–H groups in total. The second-order valence-corrected chi connectivity index (χ2v) is 12.3. The van der Waals surface area contributed by atoms with Crippen LogP contribution in [-0.2, 0) is 14.8 Å². The van der Waals surface area contributed by atoms with Crippen molar-refractivity contribution in [3.63, 3.8) is 0 Å². The first-order valence-corrected chi connectivity index (χ1v) is 14.8. The number of hydrogen-bond donors (Lipinski definition) is 3. The van der Waals surface area contributed by atoms with E-state index in [0.717, 1.165) is 71.9 Å². The fraction of sp³-hybridized carbons (Fsp3) is 0.269. The largest absolute Gasteiger partial charge is 0.384 e. The lowest BCUT2D eigenvalue weighted by molar-refractivity contribution is 0.0398. The molecule has 0 radical (unpaired) electrons. The summed E-state index contributed by atoms with van der Waals surface area (Å²) < 4.78 is 48.0. The molecule has 210 valence electrons. The van der Waals surface area contributed by atoms with E-state index in [2.05, 4.69) is 20.5 Å². The van der Waals surface area contributed by atoms with E-state index >= 15 is 4.39 Å². The van der Waals surface area contributed by atoms with Crippen LogP contribution in [0.2, 0.25) is 0 Å². The number of halogens is 1. The molecule has 1 aliphatic rings. The van der Waals surface area contributed by atoms with Crippen molar-refractivity contribution >= 4 is 49.7 Å². The van der Waals surface area contributed by atoms with Gasteiger partial charge in [-0.3, -0.25) is 14.3 Å². The summed E-state index contributed by atoms with van der Waals surface area (Å²) in [5.74, 6) is -0.806. The number of amides is 2. The van der Waals surface area contributed by atoms with E-state index in [1.54, 1.807) is 31.2 Å². The molecule has 0 aliphatic carbocycles. The summed E-state index contributed by atoms with van der Waals surface area (Å²) in [5, 5.41) is 5.95. The predicted octanol–water partition coefficient (Wildman–Crippen LogP) is 3.15. The monoisotopic (exact) mass is 586 g/mol. The molecule has 14 heteroatoms.